The van der Waals surface area contributed by atoms with Gasteiger partial charge in [0.15, 0.2) is 0 Å². The van der Waals surface area contributed by atoms with E-state index in [2.05, 4.69) is 30.3 Å². The van der Waals surface area contributed by atoms with E-state index in [0.717, 1.165) is 32.3 Å². The molecule has 0 aromatic heterocycles. The van der Waals surface area contributed by atoms with Gasteiger partial charge in [0.1, 0.15) is 0 Å². The maximum atomic E-state index is 8.93. The quantitative estimate of drug-likeness (QED) is 0.663. The monoisotopic (exact) mass is 213 g/mol. The fourth-order valence-electron chi connectivity index (χ4n) is 3.01. The van der Waals surface area contributed by atoms with Crippen LogP contribution in [0.25, 0.3) is 0 Å². The molecule has 1 saturated carbocycles. The summed E-state index contributed by atoms with van der Waals surface area (Å²) in [7, 11) is 0. The number of rotatable bonds is 0. The molecule has 1 aliphatic carbocycles. The third kappa shape index (κ3) is 1.36. The summed E-state index contributed by atoms with van der Waals surface area (Å²) in [6.07, 6.45) is 3.96. The van der Waals surface area contributed by atoms with E-state index in [1.807, 2.05) is 0 Å². The number of nitriles is 1. The summed E-state index contributed by atoms with van der Waals surface area (Å²) < 4.78 is 6.04. The summed E-state index contributed by atoms with van der Waals surface area (Å²) in [4.78, 5) is 0. The molecule has 0 radical (unpaired) electrons. The molecule has 1 aromatic carbocycles. The number of benzene rings is 1. The Labute approximate surface area is 95.8 Å². The standard InChI is InChI=1S/C14H15NO/c15-9-11-5-7-14(8-6-11)13-4-2-1-3-12(13)10-16-14/h1-4,11H,5-8,10H2/t11-,14-. The highest BCUT2D eigenvalue weighted by atomic mass is 16.5. The lowest BCUT2D eigenvalue weighted by atomic mass is 9.75. The lowest BCUT2D eigenvalue weighted by molar-refractivity contribution is -0.0686. The van der Waals surface area contributed by atoms with Gasteiger partial charge >= 0.3 is 0 Å². The predicted octanol–water partition coefficient (Wildman–Crippen LogP) is 3.13. The molecule has 1 spiro atoms. The maximum Gasteiger partial charge on any atom is 0.0940 e. The summed E-state index contributed by atoms with van der Waals surface area (Å²) in [5, 5.41) is 8.93. The van der Waals surface area contributed by atoms with Gasteiger partial charge in [0, 0.05) is 5.92 Å². The molecule has 16 heavy (non-hydrogen) atoms. The average Bonchev–Trinajstić information content (AvgIpc) is 2.71. The Hall–Kier alpha value is -1.33. The van der Waals surface area contributed by atoms with Crippen molar-refractivity contribution in [1.82, 2.24) is 0 Å². The summed E-state index contributed by atoms with van der Waals surface area (Å²) >= 11 is 0. The van der Waals surface area contributed by atoms with Crippen molar-refractivity contribution >= 4 is 0 Å². The van der Waals surface area contributed by atoms with E-state index in [0.29, 0.717) is 0 Å². The van der Waals surface area contributed by atoms with E-state index in [1.165, 1.54) is 11.1 Å². The first-order valence-electron chi connectivity index (χ1n) is 5.96. The van der Waals surface area contributed by atoms with Crippen LogP contribution in [-0.4, -0.2) is 0 Å². The molecule has 0 amide bonds. The molecule has 0 bridgehead atoms. The Morgan fingerprint density at radius 1 is 1.25 bits per heavy atom. The summed E-state index contributed by atoms with van der Waals surface area (Å²) in [5.41, 5.74) is 2.63. The zero-order chi connectivity index (χ0) is 11.0. The Kier molecular flexibility index (Phi) is 2.22. The molecular formula is C14H15NO. The molecule has 1 aliphatic heterocycles. The van der Waals surface area contributed by atoms with Gasteiger partial charge in [0.2, 0.25) is 0 Å². The lowest BCUT2D eigenvalue weighted by Crippen LogP contribution is -2.30. The van der Waals surface area contributed by atoms with Crippen molar-refractivity contribution in [3.05, 3.63) is 35.4 Å². The minimum absolute atomic E-state index is 0.0655. The van der Waals surface area contributed by atoms with Crippen molar-refractivity contribution in [2.24, 2.45) is 5.92 Å². The minimum atomic E-state index is -0.0655. The molecule has 0 atom stereocenters. The highest BCUT2D eigenvalue weighted by Crippen LogP contribution is 2.47. The van der Waals surface area contributed by atoms with Crippen LogP contribution in [0.15, 0.2) is 24.3 Å². The second-order valence-electron chi connectivity index (χ2n) is 4.84. The van der Waals surface area contributed by atoms with Crippen LogP contribution >= 0.6 is 0 Å². The summed E-state index contributed by atoms with van der Waals surface area (Å²) in [5.74, 6) is 0.238. The zero-order valence-electron chi connectivity index (χ0n) is 9.28. The Bertz CT molecular complexity index is 438. The van der Waals surface area contributed by atoms with Crippen molar-refractivity contribution in [3.63, 3.8) is 0 Å². The topological polar surface area (TPSA) is 33.0 Å². The van der Waals surface area contributed by atoms with Crippen molar-refractivity contribution in [3.8, 4) is 6.07 Å². The van der Waals surface area contributed by atoms with Gasteiger partial charge < -0.3 is 4.74 Å². The Balaban J connectivity index is 1.90. The first-order valence-corrected chi connectivity index (χ1v) is 5.96. The average molecular weight is 213 g/mol. The normalized spacial score (nSPS) is 32.3. The number of hydrogen-bond acceptors (Lipinski definition) is 2. The van der Waals surface area contributed by atoms with Crippen molar-refractivity contribution < 1.29 is 4.74 Å². The number of fused-ring (bicyclic) bond motifs is 2. The van der Waals surface area contributed by atoms with Crippen LogP contribution in [0.5, 0.6) is 0 Å². The number of hydrogen-bond donors (Lipinski definition) is 0. The van der Waals surface area contributed by atoms with Gasteiger partial charge in [0.25, 0.3) is 0 Å². The third-order valence-corrected chi connectivity index (χ3v) is 3.99. The largest absolute Gasteiger partial charge is 0.366 e. The van der Waals surface area contributed by atoms with E-state index < -0.39 is 0 Å². The second-order valence-corrected chi connectivity index (χ2v) is 4.84. The van der Waals surface area contributed by atoms with Gasteiger partial charge in [-0.15, -0.1) is 0 Å². The van der Waals surface area contributed by atoms with Crippen LogP contribution < -0.4 is 0 Å². The maximum absolute atomic E-state index is 8.93. The van der Waals surface area contributed by atoms with E-state index >= 15 is 0 Å². The third-order valence-electron chi connectivity index (χ3n) is 3.99. The minimum Gasteiger partial charge on any atom is -0.366 e. The fourth-order valence-corrected chi connectivity index (χ4v) is 3.01. The van der Waals surface area contributed by atoms with Gasteiger partial charge in [-0.1, -0.05) is 24.3 Å². The van der Waals surface area contributed by atoms with Crippen LogP contribution in [0.4, 0.5) is 0 Å². The van der Waals surface area contributed by atoms with E-state index in [1.54, 1.807) is 0 Å². The molecule has 2 aliphatic rings. The van der Waals surface area contributed by atoms with Crippen LogP contribution in [0.3, 0.4) is 0 Å². The van der Waals surface area contributed by atoms with Crippen LogP contribution in [0, 0.1) is 17.2 Å². The highest BCUT2D eigenvalue weighted by Gasteiger charge is 2.42. The summed E-state index contributed by atoms with van der Waals surface area (Å²) in [6, 6.07) is 10.9. The smallest absolute Gasteiger partial charge is 0.0940 e. The molecule has 0 saturated heterocycles. The van der Waals surface area contributed by atoms with Gasteiger partial charge in [-0.25, -0.2) is 0 Å². The van der Waals surface area contributed by atoms with Crippen molar-refractivity contribution in [2.45, 2.75) is 37.9 Å². The molecule has 2 heteroatoms. The fraction of sp³-hybridized carbons (Fsp3) is 0.500. The molecule has 1 heterocycles. The molecule has 82 valence electrons. The van der Waals surface area contributed by atoms with Gasteiger partial charge in [-0.2, -0.15) is 5.26 Å². The first-order chi connectivity index (χ1) is 7.84. The number of nitrogens with zero attached hydrogens (tertiary/aromatic N) is 1. The molecule has 0 N–H and O–H groups in total. The Morgan fingerprint density at radius 3 is 2.75 bits per heavy atom. The zero-order valence-corrected chi connectivity index (χ0v) is 9.28. The predicted molar refractivity (Wildman–Crippen MR) is 60.5 cm³/mol. The molecule has 3 rings (SSSR count). The van der Waals surface area contributed by atoms with Gasteiger partial charge in [0.05, 0.1) is 18.3 Å². The van der Waals surface area contributed by atoms with Gasteiger partial charge in [-0.05, 0) is 36.8 Å². The lowest BCUT2D eigenvalue weighted by Gasteiger charge is -2.35. The highest BCUT2D eigenvalue weighted by molar-refractivity contribution is 5.35. The van der Waals surface area contributed by atoms with E-state index in [4.69, 9.17) is 10.00 Å². The Morgan fingerprint density at radius 2 is 2.00 bits per heavy atom. The molecule has 1 fully saturated rings. The molecule has 0 unspecified atom stereocenters. The van der Waals surface area contributed by atoms with Crippen molar-refractivity contribution in [2.75, 3.05) is 0 Å². The molecule has 2 nitrogen and oxygen atoms in total. The van der Waals surface area contributed by atoms with E-state index in [9.17, 15) is 0 Å². The van der Waals surface area contributed by atoms with Crippen LogP contribution in [-0.2, 0) is 16.9 Å². The van der Waals surface area contributed by atoms with Crippen LogP contribution in [0.2, 0.25) is 0 Å². The van der Waals surface area contributed by atoms with Gasteiger partial charge in [-0.3, -0.25) is 0 Å². The number of ether oxygens (including phenoxy) is 1. The SMILES string of the molecule is N#C[C@H]1CC[C@@]2(CC1)OCc1ccccc12. The summed E-state index contributed by atoms with van der Waals surface area (Å²) in [6.45, 7) is 0.743. The van der Waals surface area contributed by atoms with E-state index in [-0.39, 0.29) is 11.5 Å². The molecular weight excluding hydrogens is 198 g/mol. The van der Waals surface area contributed by atoms with Crippen molar-refractivity contribution in [1.29, 1.82) is 5.26 Å². The first kappa shape index (κ1) is 9.86. The second kappa shape index (κ2) is 3.61. The molecule has 1 aromatic rings. The van der Waals surface area contributed by atoms with Crippen LogP contribution in [0.1, 0.15) is 36.8 Å².